The summed E-state index contributed by atoms with van der Waals surface area (Å²) in [5.74, 6) is 0.429. The second-order valence-electron chi connectivity index (χ2n) is 3.17. The topological polar surface area (TPSA) is 38.3 Å². The van der Waals surface area contributed by atoms with Crippen molar-refractivity contribution >= 4 is 11.9 Å². The molecule has 1 aliphatic rings. The Morgan fingerprint density at radius 3 is 2.60 bits per heavy atom. The lowest BCUT2D eigenvalue weighted by Crippen LogP contribution is -2.10. The summed E-state index contributed by atoms with van der Waals surface area (Å²) in [4.78, 5) is 11.5. The summed E-state index contributed by atoms with van der Waals surface area (Å²) in [5.41, 5.74) is 1.53. The highest BCUT2D eigenvalue weighted by Gasteiger charge is 2.17. The number of benzene rings is 1. The van der Waals surface area contributed by atoms with E-state index in [1.807, 2.05) is 30.3 Å². The normalized spacial score (nSPS) is 17.5. The average molecular weight is 201 g/mol. The minimum atomic E-state index is -0.0595. The lowest BCUT2D eigenvalue weighted by atomic mass is 10.2. The van der Waals surface area contributed by atoms with Crippen LogP contribution < -0.4 is 5.32 Å². The Morgan fingerprint density at radius 1 is 1.27 bits per heavy atom. The van der Waals surface area contributed by atoms with Gasteiger partial charge in [-0.15, -0.1) is 0 Å². The standard InChI is InChI=1S/C12H11NO2/c1-15-12-8-11(14)10(13-12)7-9-5-3-2-4-6-9/h2-8,13H,1H3/b10-7-. The number of hydrogen-bond donors (Lipinski definition) is 1. The fraction of sp³-hybridized carbons (Fsp3) is 0.0833. The third kappa shape index (κ3) is 2.07. The molecule has 1 aromatic carbocycles. The Labute approximate surface area is 88.1 Å². The molecule has 1 N–H and O–H groups in total. The van der Waals surface area contributed by atoms with Gasteiger partial charge in [0, 0.05) is 6.08 Å². The first-order valence-corrected chi connectivity index (χ1v) is 4.63. The van der Waals surface area contributed by atoms with E-state index in [0.717, 1.165) is 5.56 Å². The summed E-state index contributed by atoms with van der Waals surface area (Å²) in [5, 5.41) is 2.89. The molecule has 0 fully saturated rings. The molecule has 0 unspecified atom stereocenters. The van der Waals surface area contributed by atoms with Crippen LogP contribution in [0.2, 0.25) is 0 Å². The van der Waals surface area contributed by atoms with Gasteiger partial charge >= 0.3 is 0 Å². The highest BCUT2D eigenvalue weighted by Crippen LogP contribution is 2.13. The zero-order valence-corrected chi connectivity index (χ0v) is 8.36. The highest BCUT2D eigenvalue weighted by atomic mass is 16.5. The molecular weight excluding hydrogens is 190 g/mol. The molecule has 15 heavy (non-hydrogen) atoms. The van der Waals surface area contributed by atoms with E-state index in [1.54, 1.807) is 6.08 Å². The van der Waals surface area contributed by atoms with Crippen molar-refractivity contribution in [3.63, 3.8) is 0 Å². The second-order valence-corrected chi connectivity index (χ2v) is 3.17. The molecule has 0 saturated heterocycles. The zero-order valence-electron chi connectivity index (χ0n) is 8.36. The Balaban J connectivity index is 2.21. The number of ether oxygens (including phenoxy) is 1. The van der Waals surface area contributed by atoms with Gasteiger partial charge in [0.1, 0.15) is 0 Å². The molecule has 3 heteroatoms. The van der Waals surface area contributed by atoms with Crippen molar-refractivity contribution in [3.8, 4) is 0 Å². The molecule has 0 bridgehead atoms. The molecule has 1 heterocycles. The van der Waals surface area contributed by atoms with E-state index in [-0.39, 0.29) is 5.78 Å². The second kappa shape index (κ2) is 4.00. The van der Waals surface area contributed by atoms with Crippen molar-refractivity contribution < 1.29 is 9.53 Å². The molecule has 0 aromatic heterocycles. The largest absolute Gasteiger partial charge is 0.482 e. The van der Waals surface area contributed by atoms with Crippen LogP contribution in [0.1, 0.15) is 5.56 Å². The van der Waals surface area contributed by atoms with Crippen molar-refractivity contribution in [3.05, 3.63) is 53.6 Å². The number of methoxy groups -OCH3 is 1. The molecule has 76 valence electrons. The monoisotopic (exact) mass is 201 g/mol. The lowest BCUT2D eigenvalue weighted by Gasteiger charge is -2.02. The molecule has 1 aromatic rings. The fourth-order valence-electron chi connectivity index (χ4n) is 1.36. The number of allylic oxidation sites excluding steroid dienone is 1. The molecule has 0 spiro atoms. The van der Waals surface area contributed by atoms with E-state index in [2.05, 4.69) is 5.32 Å². The summed E-state index contributed by atoms with van der Waals surface area (Å²) in [7, 11) is 1.53. The summed E-state index contributed by atoms with van der Waals surface area (Å²) in [6.07, 6.45) is 3.24. The SMILES string of the molecule is COC1=CC(=O)/C(=C/c2ccccc2)N1. The molecule has 1 aliphatic heterocycles. The minimum Gasteiger partial charge on any atom is -0.482 e. The van der Waals surface area contributed by atoms with E-state index in [1.165, 1.54) is 13.2 Å². The predicted molar refractivity (Wildman–Crippen MR) is 57.7 cm³/mol. The number of carbonyl (C=O) groups is 1. The summed E-state index contributed by atoms with van der Waals surface area (Å²) in [6.45, 7) is 0. The van der Waals surface area contributed by atoms with Crippen LogP contribution in [0.15, 0.2) is 48.0 Å². The average Bonchev–Trinajstić information content (AvgIpc) is 2.61. The Bertz CT molecular complexity index is 432. The Hall–Kier alpha value is -2.03. The minimum absolute atomic E-state index is 0.0595. The van der Waals surface area contributed by atoms with Gasteiger partial charge in [-0.2, -0.15) is 0 Å². The first-order chi connectivity index (χ1) is 7.29. The zero-order chi connectivity index (χ0) is 10.7. The van der Waals surface area contributed by atoms with Crippen LogP contribution in [-0.4, -0.2) is 12.9 Å². The highest BCUT2D eigenvalue weighted by molar-refractivity contribution is 6.09. The van der Waals surface area contributed by atoms with Gasteiger partial charge in [0.25, 0.3) is 0 Å². The maximum Gasteiger partial charge on any atom is 0.207 e. The number of hydrogen-bond acceptors (Lipinski definition) is 3. The number of rotatable bonds is 2. The molecule has 0 radical (unpaired) electrons. The van der Waals surface area contributed by atoms with E-state index in [4.69, 9.17) is 4.74 Å². The molecule has 0 amide bonds. The predicted octanol–water partition coefficient (Wildman–Crippen LogP) is 1.69. The van der Waals surface area contributed by atoms with Crippen LogP contribution in [-0.2, 0) is 9.53 Å². The van der Waals surface area contributed by atoms with Gasteiger partial charge in [-0.25, -0.2) is 0 Å². The van der Waals surface area contributed by atoms with Crippen LogP contribution >= 0.6 is 0 Å². The Kier molecular flexibility index (Phi) is 2.54. The molecule has 3 nitrogen and oxygen atoms in total. The lowest BCUT2D eigenvalue weighted by molar-refractivity contribution is -0.111. The Morgan fingerprint density at radius 2 is 2.00 bits per heavy atom. The van der Waals surface area contributed by atoms with Crippen molar-refractivity contribution in [2.45, 2.75) is 0 Å². The summed E-state index contributed by atoms with van der Waals surface area (Å²) < 4.78 is 4.94. The van der Waals surface area contributed by atoms with Crippen molar-refractivity contribution in [1.29, 1.82) is 0 Å². The molecule has 0 saturated carbocycles. The number of nitrogens with one attached hydrogen (secondary N) is 1. The van der Waals surface area contributed by atoms with E-state index in [9.17, 15) is 4.79 Å². The maximum atomic E-state index is 11.5. The van der Waals surface area contributed by atoms with Gasteiger partial charge in [-0.05, 0) is 11.6 Å². The van der Waals surface area contributed by atoms with Gasteiger partial charge in [0.05, 0.1) is 12.8 Å². The van der Waals surface area contributed by atoms with E-state index >= 15 is 0 Å². The molecule has 2 rings (SSSR count). The van der Waals surface area contributed by atoms with Crippen molar-refractivity contribution in [1.82, 2.24) is 5.32 Å². The van der Waals surface area contributed by atoms with Crippen LogP contribution in [0, 0.1) is 0 Å². The fourth-order valence-corrected chi connectivity index (χ4v) is 1.36. The summed E-state index contributed by atoms with van der Waals surface area (Å²) >= 11 is 0. The van der Waals surface area contributed by atoms with Crippen LogP contribution in [0.4, 0.5) is 0 Å². The van der Waals surface area contributed by atoms with Gasteiger partial charge in [-0.3, -0.25) is 4.79 Å². The quantitative estimate of drug-likeness (QED) is 0.740. The van der Waals surface area contributed by atoms with Crippen molar-refractivity contribution in [2.75, 3.05) is 7.11 Å². The maximum absolute atomic E-state index is 11.5. The van der Waals surface area contributed by atoms with Crippen molar-refractivity contribution in [2.24, 2.45) is 0 Å². The molecule has 0 aliphatic carbocycles. The van der Waals surface area contributed by atoms with Crippen LogP contribution in [0.3, 0.4) is 0 Å². The number of ketones is 1. The molecular formula is C12H11NO2. The first kappa shape index (κ1) is 9.52. The van der Waals surface area contributed by atoms with Gasteiger partial charge in [-0.1, -0.05) is 30.3 Å². The molecule has 0 atom stereocenters. The van der Waals surface area contributed by atoms with E-state index in [0.29, 0.717) is 11.6 Å². The van der Waals surface area contributed by atoms with Gasteiger partial charge in [0.15, 0.2) is 5.88 Å². The van der Waals surface area contributed by atoms with Gasteiger partial charge in [0.2, 0.25) is 5.78 Å². The third-order valence-electron chi connectivity index (χ3n) is 2.12. The first-order valence-electron chi connectivity index (χ1n) is 4.63. The van der Waals surface area contributed by atoms with Crippen LogP contribution in [0.25, 0.3) is 6.08 Å². The smallest absolute Gasteiger partial charge is 0.207 e. The van der Waals surface area contributed by atoms with Gasteiger partial charge < -0.3 is 10.1 Å². The summed E-state index contributed by atoms with van der Waals surface area (Å²) in [6, 6.07) is 9.66. The number of carbonyl (C=O) groups excluding carboxylic acids is 1. The van der Waals surface area contributed by atoms with E-state index < -0.39 is 0 Å². The van der Waals surface area contributed by atoms with Crippen LogP contribution in [0.5, 0.6) is 0 Å². The third-order valence-corrected chi connectivity index (χ3v) is 2.12.